The maximum atomic E-state index is 13.1. The third kappa shape index (κ3) is 9.06. The van der Waals surface area contributed by atoms with Crippen LogP contribution in [-0.4, -0.2) is 74.4 Å². The molecular weight excluding hydrogens is 578 g/mol. The quantitative estimate of drug-likeness (QED) is 0.245. The number of ether oxygens (including phenoxy) is 1. The predicted molar refractivity (Wildman–Crippen MR) is 167 cm³/mol. The van der Waals surface area contributed by atoms with Gasteiger partial charge in [0.15, 0.2) is 0 Å². The van der Waals surface area contributed by atoms with Crippen LogP contribution in [0.1, 0.15) is 36.3 Å². The molecule has 1 atom stereocenters. The number of carbonyl (C=O) groups excluding carboxylic acids is 1. The van der Waals surface area contributed by atoms with E-state index in [-0.39, 0.29) is 43.6 Å². The van der Waals surface area contributed by atoms with Crippen molar-refractivity contribution in [2.75, 3.05) is 39.8 Å². The van der Waals surface area contributed by atoms with Crippen molar-refractivity contribution in [2.45, 2.75) is 42.7 Å². The standard InChI is InChI=1S/C31H37N3O4S2.ClH/c1-3-18-34(31(35)38-24-26-10-6-4-7-11-26)29-15-20-33(21-16-29)19-14-27(28-17-22-39-25-28)23-32(2)40(36,37)30-12-8-5-9-13-30;/h1,4-13,17,22,25,27,29H,14-16,18-21,23-24H2,2H3;1H. The van der Waals surface area contributed by atoms with Crippen LogP contribution < -0.4 is 0 Å². The molecule has 0 aliphatic carbocycles. The van der Waals surface area contributed by atoms with Crippen LogP contribution in [0.2, 0.25) is 0 Å². The molecule has 7 nitrogen and oxygen atoms in total. The lowest BCUT2D eigenvalue weighted by Crippen LogP contribution is -2.48. The van der Waals surface area contributed by atoms with Crippen LogP contribution in [-0.2, 0) is 21.4 Å². The highest BCUT2D eigenvalue weighted by Gasteiger charge is 2.30. The van der Waals surface area contributed by atoms with Gasteiger partial charge < -0.3 is 9.64 Å². The number of sulfonamides is 1. The Morgan fingerprint density at radius 1 is 1.10 bits per heavy atom. The van der Waals surface area contributed by atoms with E-state index in [4.69, 9.17) is 11.2 Å². The molecule has 1 saturated heterocycles. The van der Waals surface area contributed by atoms with E-state index in [1.54, 1.807) is 47.5 Å². The Bertz CT molecular complexity index is 1340. The molecule has 1 aromatic heterocycles. The van der Waals surface area contributed by atoms with Gasteiger partial charge in [0.05, 0.1) is 11.4 Å². The minimum atomic E-state index is -3.56. The van der Waals surface area contributed by atoms with Gasteiger partial charge in [0.1, 0.15) is 6.61 Å². The second-order valence-electron chi connectivity index (χ2n) is 10.1. The van der Waals surface area contributed by atoms with Gasteiger partial charge in [-0.2, -0.15) is 11.3 Å². The third-order valence-electron chi connectivity index (χ3n) is 7.44. The van der Waals surface area contributed by atoms with Gasteiger partial charge in [0, 0.05) is 32.7 Å². The number of nitrogens with zero attached hydrogens (tertiary/aromatic N) is 3. The van der Waals surface area contributed by atoms with E-state index in [0.29, 0.717) is 11.4 Å². The lowest BCUT2D eigenvalue weighted by atomic mass is 9.97. The Balaban J connectivity index is 0.00000462. The van der Waals surface area contributed by atoms with Gasteiger partial charge in [0.2, 0.25) is 10.0 Å². The largest absolute Gasteiger partial charge is 0.445 e. The summed E-state index contributed by atoms with van der Waals surface area (Å²) in [5, 5.41) is 4.15. The second-order valence-corrected chi connectivity index (χ2v) is 12.9. The summed E-state index contributed by atoms with van der Waals surface area (Å²) in [6.07, 6.45) is 7.68. The van der Waals surface area contributed by atoms with Gasteiger partial charge in [-0.3, -0.25) is 4.90 Å². The lowest BCUT2D eigenvalue weighted by molar-refractivity contribution is 0.0663. The molecule has 1 aliphatic heterocycles. The minimum Gasteiger partial charge on any atom is -0.445 e. The van der Waals surface area contributed by atoms with Crippen LogP contribution in [0.5, 0.6) is 0 Å². The fraction of sp³-hybridized carbons (Fsp3) is 0.387. The van der Waals surface area contributed by atoms with Crippen molar-refractivity contribution in [3.8, 4) is 12.3 Å². The normalized spacial score (nSPS) is 15.0. The first-order valence-corrected chi connectivity index (χ1v) is 15.9. The van der Waals surface area contributed by atoms with Crippen molar-refractivity contribution in [2.24, 2.45) is 0 Å². The summed E-state index contributed by atoms with van der Waals surface area (Å²) in [5.41, 5.74) is 2.10. The molecule has 0 N–H and O–H groups in total. The summed E-state index contributed by atoms with van der Waals surface area (Å²) in [6, 6.07) is 20.3. The third-order valence-corrected chi connectivity index (χ3v) is 9.98. The van der Waals surface area contributed by atoms with Gasteiger partial charge in [0.25, 0.3) is 0 Å². The molecule has 2 aromatic carbocycles. The Morgan fingerprint density at radius 2 is 1.76 bits per heavy atom. The summed E-state index contributed by atoms with van der Waals surface area (Å²) in [5.74, 6) is 2.69. The van der Waals surface area contributed by atoms with Gasteiger partial charge in [-0.25, -0.2) is 17.5 Å². The number of benzene rings is 2. The molecule has 0 radical (unpaired) electrons. The van der Waals surface area contributed by atoms with Gasteiger partial charge in [-0.15, -0.1) is 18.8 Å². The molecule has 0 saturated carbocycles. The number of likely N-dealkylation sites (N-methyl/N-ethyl adjacent to an activating group) is 1. The maximum Gasteiger partial charge on any atom is 0.411 e. The fourth-order valence-electron chi connectivity index (χ4n) is 5.09. The molecule has 1 aliphatic rings. The molecule has 1 amide bonds. The molecule has 0 bridgehead atoms. The Morgan fingerprint density at radius 3 is 2.37 bits per heavy atom. The minimum absolute atomic E-state index is 0. The number of piperidine rings is 1. The highest BCUT2D eigenvalue weighted by molar-refractivity contribution is 7.89. The summed E-state index contributed by atoms with van der Waals surface area (Å²) in [7, 11) is -1.91. The number of carbonyl (C=O) groups is 1. The predicted octanol–water partition coefficient (Wildman–Crippen LogP) is 5.70. The molecule has 41 heavy (non-hydrogen) atoms. The number of hydrogen-bond acceptors (Lipinski definition) is 6. The molecule has 3 aromatic rings. The number of amides is 1. The van der Waals surface area contributed by atoms with Crippen molar-refractivity contribution in [1.29, 1.82) is 0 Å². The van der Waals surface area contributed by atoms with Crippen LogP contribution in [0.3, 0.4) is 0 Å². The Hall–Kier alpha value is -2.87. The highest BCUT2D eigenvalue weighted by Crippen LogP contribution is 2.27. The highest BCUT2D eigenvalue weighted by atomic mass is 35.5. The topological polar surface area (TPSA) is 70.2 Å². The Kier molecular flexibility index (Phi) is 12.7. The molecule has 1 fully saturated rings. The van der Waals surface area contributed by atoms with Gasteiger partial charge in [-0.1, -0.05) is 54.5 Å². The summed E-state index contributed by atoms with van der Waals surface area (Å²) < 4.78 is 33.3. The van der Waals surface area contributed by atoms with E-state index in [2.05, 4.69) is 22.3 Å². The van der Waals surface area contributed by atoms with Gasteiger partial charge in [-0.05, 0) is 71.8 Å². The molecule has 0 spiro atoms. The zero-order valence-corrected chi connectivity index (χ0v) is 25.8. The van der Waals surface area contributed by atoms with Crippen molar-refractivity contribution in [3.63, 3.8) is 0 Å². The van der Waals surface area contributed by atoms with E-state index in [0.717, 1.165) is 50.0 Å². The van der Waals surface area contributed by atoms with Crippen LogP contribution in [0.25, 0.3) is 0 Å². The Labute approximate surface area is 254 Å². The molecule has 1 unspecified atom stereocenters. The molecule has 4 rings (SSSR count). The number of halogens is 1. The van der Waals surface area contributed by atoms with Crippen LogP contribution in [0.15, 0.2) is 82.4 Å². The lowest BCUT2D eigenvalue weighted by Gasteiger charge is -2.37. The zero-order chi connectivity index (χ0) is 28.4. The van der Waals surface area contributed by atoms with E-state index in [1.165, 1.54) is 4.31 Å². The van der Waals surface area contributed by atoms with Gasteiger partial charge >= 0.3 is 6.09 Å². The monoisotopic (exact) mass is 615 g/mol. The van der Waals surface area contributed by atoms with Crippen LogP contribution >= 0.6 is 23.7 Å². The molecule has 2 heterocycles. The van der Waals surface area contributed by atoms with Crippen LogP contribution in [0.4, 0.5) is 4.79 Å². The maximum absolute atomic E-state index is 13.1. The van der Waals surface area contributed by atoms with Crippen molar-refractivity contribution in [3.05, 3.63) is 88.6 Å². The smallest absolute Gasteiger partial charge is 0.411 e. The first-order chi connectivity index (χ1) is 19.4. The summed E-state index contributed by atoms with van der Waals surface area (Å²) in [6.45, 7) is 3.38. The number of rotatable bonds is 12. The van der Waals surface area contributed by atoms with E-state index in [1.807, 2.05) is 41.8 Å². The number of hydrogen-bond donors (Lipinski definition) is 0. The number of thiophene rings is 1. The van der Waals surface area contributed by atoms with Crippen LogP contribution in [0, 0.1) is 12.3 Å². The van der Waals surface area contributed by atoms with E-state index >= 15 is 0 Å². The molecule has 220 valence electrons. The summed E-state index contributed by atoms with van der Waals surface area (Å²) in [4.78, 5) is 17.2. The SMILES string of the molecule is C#CCN(C(=O)OCc1ccccc1)C1CCN(CCC(CN(C)S(=O)(=O)c2ccccc2)c2ccsc2)CC1.Cl. The van der Waals surface area contributed by atoms with Crippen molar-refractivity contribution in [1.82, 2.24) is 14.1 Å². The zero-order valence-electron chi connectivity index (χ0n) is 23.3. The number of terminal acetylenes is 1. The first kappa shape index (κ1) is 32.6. The fourth-order valence-corrected chi connectivity index (χ4v) is 7.07. The molecular formula is C31H38ClN3O4S2. The second kappa shape index (κ2) is 15.9. The van der Waals surface area contributed by atoms with Crippen molar-refractivity contribution >= 4 is 39.9 Å². The molecule has 10 heteroatoms. The average Bonchev–Trinajstić information content (AvgIpc) is 3.53. The van der Waals surface area contributed by atoms with Crippen molar-refractivity contribution < 1.29 is 17.9 Å². The number of likely N-dealkylation sites (tertiary alicyclic amines) is 1. The van der Waals surface area contributed by atoms with E-state index in [9.17, 15) is 13.2 Å². The average molecular weight is 616 g/mol. The van der Waals surface area contributed by atoms with E-state index < -0.39 is 10.0 Å². The first-order valence-electron chi connectivity index (χ1n) is 13.5. The summed E-state index contributed by atoms with van der Waals surface area (Å²) >= 11 is 1.63.